The second-order valence-corrected chi connectivity index (χ2v) is 7.63. The molecule has 2 aliphatic heterocycles. The molecule has 2 bridgehead atoms. The molecule has 5 rings (SSSR count). The van der Waals surface area contributed by atoms with Gasteiger partial charge in [0.2, 0.25) is 5.91 Å². The molecule has 2 aliphatic rings. The fourth-order valence-electron chi connectivity index (χ4n) is 4.66. The minimum Gasteiger partial charge on any atom is -0.297 e. The molecule has 3 heterocycles. The minimum absolute atomic E-state index is 0.0641. The summed E-state index contributed by atoms with van der Waals surface area (Å²) >= 11 is 0. The van der Waals surface area contributed by atoms with Crippen LogP contribution < -0.4 is 0 Å². The minimum atomic E-state index is -0.273. The number of aromatic nitrogens is 1. The average Bonchev–Trinajstić information content (AvgIpc) is 3.15. The van der Waals surface area contributed by atoms with Crippen molar-refractivity contribution >= 4 is 16.8 Å². The highest BCUT2D eigenvalue weighted by Gasteiger charge is 2.36. The van der Waals surface area contributed by atoms with E-state index in [2.05, 4.69) is 30.0 Å². The van der Waals surface area contributed by atoms with E-state index < -0.39 is 0 Å². The number of hydrogen-bond donors (Lipinski definition) is 0. The van der Waals surface area contributed by atoms with Crippen LogP contribution in [0.2, 0.25) is 0 Å². The fourth-order valence-corrected chi connectivity index (χ4v) is 4.66. The van der Waals surface area contributed by atoms with Gasteiger partial charge in [0.1, 0.15) is 5.82 Å². The molecule has 0 saturated carbocycles. The highest BCUT2D eigenvalue weighted by atomic mass is 19.1. The molecule has 2 aromatic carbocycles. The standard InChI is InChI=1S/C22H21FN2O/c1-14-2-7-19-18(10-14)22-16-8-9-24(12-16)13-20(22)25(19)21(26)11-15-3-5-17(23)6-4-15/h2-7,10,16H,8-9,11-13H2,1H3. The maximum Gasteiger partial charge on any atom is 0.235 e. The Bertz CT molecular complexity index is 1020. The number of halogens is 1. The second-order valence-electron chi connectivity index (χ2n) is 7.63. The average molecular weight is 348 g/mol. The Morgan fingerprint density at radius 1 is 1.19 bits per heavy atom. The lowest BCUT2D eigenvalue weighted by molar-refractivity contribution is 0.0912. The van der Waals surface area contributed by atoms with Crippen LogP contribution in [0.3, 0.4) is 0 Å². The molecule has 0 radical (unpaired) electrons. The monoisotopic (exact) mass is 348 g/mol. The summed E-state index contributed by atoms with van der Waals surface area (Å²) in [5.74, 6) is 0.321. The number of aryl methyl sites for hydroxylation is 1. The van der Waals surface area contributed by atoms with Crippen LogP contribution in [-0.4, -0.2) is 28.5 Å². The molecule has 0 amide bonds. The lowest BCUT2D eigenvalue weighted by Gasteiger charge is -2.24. The highest BCUT2D eigenvalue weighted by molar-refractivity contribution is 5.97. The Kier molecular flexibility index (Phi) is 3.50. The van der Waals surface area contributed by atoms with E-state index in [0.29, 0.717) is 5.92 Å². The molecule has 132 valence electrons. The first-order valence-corrected chi connectivity index (χ1v) is 9.24. The van der Waals surface area contributed by atoms with Gasteiger partial charge in [-0.05, 0) is 55.3 Å². The van der Waals surface area contributed by atoms with Gasteiger partial charge < -0.3 is 0 Å². The van der Waals surface area contributed by atoms with Crippen LogP contribution in [0.4, 0.5) is 4.39 Å². The Balaban J connectivity index is 1.64. The van der Waals surface area contributed by atoms with E-state index >= 15 is 0 Å². The van der Waals surface area contributed by atoms with Gasteiger partial charge in [0, 0.05) is 30.1 Å². The van der Waals surface area contributed by atoms with Crippen molar-refractivity contribution in [2.24, 2.45) is 0 Å². The van der Waals surface area contributed by atoms with Gasteiger partial charge in [-0.1, -0.05) is 23.8 Å². The summed E-state index contributed by atoms with van der Waals surface area (Å²) < 4.78 is 15.1. The van der Waals surface area contributed by atoms with Gasteiger partial charge in [-0.3, -0.25) is 14.3 Å². The van der Waals surface area contributed by atoms with E-state index in [1.807, 2.05) is 4.57 Å². The second kappa shape index (κ2) is 5.78. The molecule has 2 unspecified atom stereocenters. The van der Waals surface area contributed by atoms with Gasteiger partial charge in [-0.25, -0.2) is 4.39 Å². The fraction of sp³-hybridized carbons (Fsp3) is 0.318. The van der Waals surface area contributed by atoms with E-state index in [9.17, 15) is 9.18 Å². The van der Waals surface area contributed by atoms with Gasteiger partial charge in [0.15, 0.2) is 0 Å². The number of carbonyl (C=O) groups excluding carboxylic acids is 1. The van der Waals surface area contributed by atoms with Crippen molar-refractivity contribution < 1.29 is 9.18 Å². The lowest BCUT2D eigenvalue weighted by Crippen LogP contribution is -2.28. The first-order chi connectivity index (χ1) is 12.6. The molecular weight excluding hydrogens is 327 g/mol. The van der Waals surface area contributed by atoms with Crippen LogP contribution in [0, 0.1) is 12.7 Å². The zero-order chi connectivity index (χ0) is 17.8. The van der Waals surface area contributed by atoms with Crippen molar-refractivity contribution in [3.63, 3.8) is 0 Å². The summed E-state index contributed by atoms with van der Waals surface area (Å²) in [6.07, 6.45) is 1.46. The quantitative estimate of drug-likeness (QED) is 0.691. The van der Waals surface area contributed by atoms with Crippen molar-refractivity contribution in [1.82, 2.24) is 9.47 Å². The van der Waals surface area contributed by atoms with Crippen LogP contribution in [-0.2, 0) is 13.0 Å². The van der Waals surface area contributed by atoms with Crippen LogP contribution in [0.15, 0.2) is 42.5 Å². The van der Waals surface area contributed by atoms with Crippen molar-refractivity contribution in [2.75, 3.05) is 13.1 Å². The van der Waals surface area contributed by atoms with Gasteiger partial charge in [-0.2, -0.15) is 0 Å². The summed E-state index contributed by atoms with van der Waals surface area (Å²) in [5, 5.41) is 1.24. The number of carbonyl (C=O) groups is 1. The Morgan fingerprint density at radius 2 is 2.00 bits per heavy atom. The predicted octanol–water partition coefficient (Wildman–Crippen LogP) is 4.27. The molecule has 1 aromatic heterocycles. The third kappa shape index (κ3) is 2.40. The SMILES string of the molecule is Cc1ccc2c(c1)c1c(n2C(=O)Cc2ccc(F)cc2)CN2CCC1C2. The van der Waals surface area contributed by atoms with E-state index in [4.69, 9.17) is 0 Å². The van der Waals surface area contributed by atoms with E-state index in [1.54, 1.807) is 12.1 Å². The van der Waals surface area contributed by atoms with Gasteiger partial charge >= 0.3 is 0 Å². The normalized spacial score (nSPS) is 21.2. The molecule has 0 N–H and O–H groups in total. The Morgan fingerprint density at radius 3 is 2.81 bits per heavy atom. The predicted molar refractivity (Wildman–Crippen MR) is 100 cm³/mol. The summed E-state index contributed by atoms with van der Waals surface area (Å²) in [7, 11) is 0. The van der Waals surface area contributed by atoms with Gasteiger partial charge in [0.25, 0.3) is 0 Å². The molecule has 0 aliphatic carbocycles. The molecular formula is C22H21FN2O. The third-order valence-electron chi connectivity index (χ3n) is 5.84. The Hall–Kier alpha value is -2.46. The first-order valence-electron chi connectivity index (χ1n) is 9.24. The third-order valence-corrected chi connectivity index (χ3v) is 5.84. The summed E-state index contributed by atoms with van der Waals surface area (Å²) in [6, 6.07) is 12.6. The number of hydrogen-bond acceptors (Lipinski definition) is 2. The van der Waals surface area contributed by atoms with Crippen molar-refractivity contribution in [1.29, 1.82) is 0 Å². The number of benzene rings is 2. The number of nitrogens with zero attached hydrogens (tertiary/aromatic N) is 2. The van der Waals surface area contributed by atoms with Crippen LogP contribution in [0.1, 0.15) is 39.5 Å². The molecule has 2 atom stereocenters. The maximum absolute atomic E-state index is 13.2. The topological polar surface area (TPSA) is 25.2 Å². The lowest BCUT2D eigenvalue weighted by atomic mass is 9.93. The first kappa shape index (κ1) is 15.8. The molecule has 1 fully saturated rings. The zero-order valence-corrected chi connectivity index (χ0v) is 14.8. The van der Waals surface area contributed by atoms with Crippen LogP contribution in [0.25, 0.3) is 10.9 Å². The Labute approximate surface area is 152 Å². The number of rotatable bonds is 2. The van der Waals surface area contributed by atoms with Gasteiger partial charge in [0.05, 0.1) is 11.9 Å². The molecule has 4 heteroatoms. The van der Waals surface area contributed by atoms with E-state index in [1.165, 1.54) is 35.1 Å². The van der Waals surface area contributed by atoms with E-state index in [0.717, 1.165) is 36.4 Å². The summed E-state index contributed by atoms with van der Waals surface area (Å²) in [5.41, 5.74) is 5.62. The summed E-state index contributed by atoms with van der Waals surface area (Å²) in [4.78, 5) is 15.7. The van der Waals surface area contributed by atoms with Crippen molar-refractivity contribution in [3.8, 4) is 0 Å². The van der Waals surface area contributed by atoms with Crippen molar-refractivity contribution in [2.45, 2.75) is 32.2 Å². The van der Waals surface area contributed by atoms with E-state index in [-0.39, 0.29) is 18.1 Å². The molecule has 26 heavy (non-hydrogen) atoms. The van der Waals surface area contributed by atoms with Gasteiger partial charge in [-0.15, -0.1) is 0 Å². The molecule has 3 aromatic rings. The smallest absolute Gasteiger partial charge is 0.235 e. The largest absolute Gasteiger partial charge is 0.297 e. The molecule has 3 nitrogen and oxygen atoms in total. The number of fused-ring (bicyclic) bond motifs is 6. The summed E-state index contributed by atoms with van der Waals surface area (Å²) in [6.45, 7) is 5.16. The molecule has 0 spiro atoms. The molecule has 1 saturated heterocycles. The maximum atomic E-state index is 13.2. The zero-order valence-electron chi connectivity index (χ0n) is 14.8. The van der Waals surface area contributed by atoms with Crippen LogP contribution in [0.5, 0.6) is 0 Å². The van der Waals surface area contributed by atoms with Crippen molar-refractivity contribution in [3.05, 3.63) is 70.7 Å². The highest BCUT2D eigenvalue weighted by Crippen LogP contribution is 2.42. The van der Waals surface area contributed by atoms with Crippen LogP contribution >= 0.6 is 0 Å².